The van der Waals surface area contributed by atoms with E-state index in [1.807, 2.05) is 36.5 Å². The number of hydrogen-bond acceptors (Lipinski definition) is 4. The van der Waals surface area contributed by atoms with Crippen LogP contribution >= 0.6 is 0 Å². The van der Waals surface area contributed by atoms with Gasteiger partial charge in [0.15, 0.2) is 0 Å². The molecule has 0 saturated heterocycles. The van der Waals surface area contributed by atoms with E-state index in [1.54, 1.807) is 10.9 Å². The Hall–Kier alpha value is -2.43. The van der Waals surface area contributed by atoms with Crippen molar-refractivity contribution in [2.45, 2.75) is 6.42 Å². The first-order valence-electron chi connectivity index (χ1n) is 5.20. The molecule has 5 nitrogen and oxygen atoms in total. The van der Waals surface area contributed by atoms with E-state index in [0.29, 0.717) is 5.71 Å². The molecule has 1 aliphatic rings. The highest BCUT2D eigenvalue weighted by molar-refractivity contribution is 6.11. The van der Waals surface area contributed by atoms with E-state index in [4.69, 9.17) is 0 Å². The first-order valence-corrected chi connectivity index (χ1v) is 5.20. The molecule has 1 aromatic carbocycles. The molecule has 3 rings (SSSR count). The zero-order valence-electron chi connectivity index (χ0n) is 8.91. The summed E-state index contributed by atoms with van der Waals surface area (Å²) in [6.07, 6.45) is 3.71. The minimum atomic E-state index is -0.326. The largest absolute Gasteiger partial charge is 0.341 e. The summed E-state index contributed by atoms with van der Waals surface area (Å²) >= 11 is 0. The Morgan fingerprint density at radius 1 is 1.24 bits per heavy atom. The van der Waals surface area contributed by atoms with E-state index in [9.17, 15) is 4.79 Å². The fraction of sp³-hybridized carbons (Fsp3) is 0.0833. The third-order valence-corrected chi connectivity index (χ3v) is 2.51. The van der Waals surface area contributed by atoms with Gasteiger partial charge in [0, 0.05) is 11.8 Å². The molecule has 0 bridgehead atoms. The summed E-state index contributed by atoms with van der Waals surface area (Å²) in [7, 11) is 0. The molecular weight excluding hydrogens is 218 g/mol. The number of carbonyl (C=O) groups is 1. The lowest BCUT2D eigenvalue weighted by Crippen LogP contribution is -1.99. The third kappa shape index (κ3) is 1.82. The van der Waals surface area contributed by atoms with Gasteiger partial charge in [-0.2, -0.15) is 5.10 Å². The van der Waals surface area contributed by atoms with Crippen molar-refractivity contribution < 1.29 is 9.63 Å². The summed E-state index contributed by atoms with van der Waals surface area (Å²) < 4.78 is 1.74. The van der Waals surface area contributed by atoms with Crippen LogP contribution in [0.25, 0.3) is 5.69 Å². The Labute approximate surface area is 97.3 Å². The van der Waals surface area contributed by atoms with Crippen LogP contribution in [0.3, 0.4) is 0 Å². The van der Waals surface area contributed by atoms with Crippen LogP contribution in [0, 0.1) is 0 Å². The van der Waals surface area contributed by atoms with Crippen molar-refractivity contribution in [3.63, 3.8) is 0 Å². The molecule has 0 amide bonds. The van der Waals surface area contributed by atoms with Gasteiger partial charge in [-0.25, -0.2) is 9.48 Å². The summed E-state index contributed by atoms with van der Waals surface area (Å²) in [6, 6.07) is 9.73. The van der Waals surface area contributed by atoms with Crippen molar-refractivity contribution in [2.24, 2.45) is 5.16 Å². The highest BCUT2D eigenvalue weighted by Crippen LogP contribution is 2.13. The lowest BCUT2D eigenvalue weighted by molar-refractivity contribution is -0.140. The second kappa shape index (κ2) is 3.86. The maximum atomic E-state index is 10.9. The van der Waals surface area contributed by atoms with Crippen molar-refractivity contribution in [2.75, 3.05) is 0 Å². The normalized spacial score (nSPS) is 14.6. The molecule has 2 heterocycles. The van der Waals surface area contributed by atoms with E-state index in [-0.39, 0.29) is 12.4 Å². The second-order valence-electron chi connectivity index (χ2n) is 3.69. The Morgan fingerprint density at radius 3 is 2.76 bits per heavy atom. The topological polar surface area (TPSA) is 56.5 Å². The number of hydrogen-bond donors (Lipinski definition) is 0. The zero-order chi connectivity index (χ0) is 11.7. The van der Waals surface area contributed by atoms with Gasteiger partial charge in [0.2, 0.25) is 0 Å². The second-order valence-corrected chi connectivity index (χ2v) is 3.69. The SMILES string of the molecule is O=C1CC(c2cnn(-c3ccccc3)c2)=NO1. The predicted molar refractivity (Wildman–Crippen MR) is 60.8 cm³/mol. The molecule has 17 heavy (non-hydrogen) atoms. The minimum absolute atomic E-state index is 0.209. The monoisotopic (exact) mass is 227 g/mol. The van der Waals surface area contributed by atoms with E-state index < -0.39 is 0 Å². The van der Waals surface area contributed by atoms with Gasteiger partial charge >= 0.3 is 5.97 Å². The van der Waals surface area contributed by atoms with E-state index in [0.717, 1.165) is 11.3 Å². The van der Waals surface area contributed by atoms with Gasteiger partial charge in [-0.15, -0.1) is 0 Å². The Bertz CT molecular complexity index is 587. The number of rotatable bonds is 2. The standard InChI is InChI=1S/C12H9N3O2/c16-12-6-11(14-17-12)9-7-13-15(8-9)10-4-2-1-3-5-10/h1-5,7-8H,6H2. The summed E-state index contributed by atoms with van der Waals surface area (Å²) in [4.78, 5) is 15.5. The molecule has 0 atom stereocenters. The van der Waals surface area contributed by atoms with Gasteiger partial charge in [0.25, 0.3) is 0 Å². The van der Waals surface area contributed by atoms with E-state index >= 15 is 0 Å². The van der Waals surface area contributed by atoms with Gasteiger partial charge in [0.1, 0.15) is 5.71 Å². The average molecular weight is 227 g/mol. The van der Waals surface area contributed by atoms with Crippen molar-refractivity contribution in [1.82, 2.24) is 9.78 Å². The molecular formula is C12H9N3O2. The van der Waals surface area contributed by atoms with Crippen molar-refractivity contribution in [3.05, 3.63) is 48.3 Å². The number of benzene rings is 1. The fourth-order valence-electron chi connectivity index (χ4n) is 1.66. The quantitative estimate of drug-likeness (QED) is 0.731. The lowest BCUT2D eigenvalue weighted by atomic mass is 10.2. The van der Waals surface area contributed by atoms with Crippen molar-refractivity contribution in [3.8, 4) is 5.69 Å². The maximum Gasteiger partial charge on any atom is 0.341 e. The number of carbonyl (C=O) groups excluding carboxylic acids is 1. The van der Waals surface area contributed by atoms with E-state index in [1.165, 1.54) is 0 Å². The van der Waals surface area contributed by atoms with Crippen molar-refractivity contribution >= 4 is 11.7 Å². The van der Waals surface area contributed by atoms with Gasteiger partial charge in [-0.1, -0.05) is 23.4 Å². The summed E-state index contributed by atoms with van der Waals surface area (Å²) in [5.74, 6) is -0.326. The molecule has 0 saturated carbocycles. The average Bonchev–Trinajstić information content (AvgIpc) is 2.98. The molecule has 84 valence electrons. The predicted octanol–water partition coefficient (Wildman–Crippen LogP) is 1.52. The summed E-state index contributed by atoms with van der Waals surface area (Å²) in [6.45, 7) is 0. The third-order valence-electron chi connectivity index (χ3n) is 2.51. The molecule has 0 unspecified atom stereocenters. The minimum Gasteiger partial charge on any atom is -0.318 e. The molecule has 5 heteroatoms. The van der Waals surface area contributed by atoms with Crippen LogP contribution in [-0.2, 0) is 9.63 Å². The molecule has 1 aromatic heterocycles. The maximum absolute atomic E-state index is 10.9. The van der Waals surface area contributed by atoms with Crippen LogP contribution in [-0.4, -0.2) is 21.5 Å². The first-order chi connectivity index (χ1) is 8.33. The van der Waals surface area contributed by atoms with E-state index in [2.05, 4.69) is 15.1 Å². The van der Waals surface area contributed by atoms with Crippen LogP contribution in [0.2, 0.25) is 0 Å². The molecule has 0 N–H and O–H groups in total. The first kappa shape index (κ1) is 9.77. The number of oxime groups is 1. The van der Waals surface area contributed by atoms with Crippen LogP contribution < -0.4 is 0 Å². The zero-order valence-corrected chi connectivity index (χ0v) is 8.91. The molecule has 0 spiro atoms. The van der Waals surface area contributed by atoms with Gasteiger partial charge in [0.05, 0.1) is 18.3 Å². The molecule has 0 radical (unpaired) electrons. The molecule has 0 fully saturated rings. The number of para-hydroxylation sites is 1. The van der Waals surface area contributed by atoms with Gasteiger partial charge < -0.3 is 4.84 Å². The van der Waals surface area contributed by atoms with Crippen LogP contribution in [0.4, 0.5) is 0 Å². The Morgan fingerprint density at radius 2 is 2.06 bits per heavy atom. The molecule has 1 aliphatic heterocycles. The molecule has 2 aromatic rings. The van der Waals surface area contributed by atoms with Crippen LogP contribution in [0.5, 0.6) is 0 Å². The summed E-state index contributed by atoms with van der Waals surface area (Å²) in [5, 5.41) is 7.93. The van der Waals surface area contributed by atoms with Crippen LogP contribution in [0.1, 0.15) is 12.0 Å². The Balaban J connectivity index is 1.91. The number of nitrogens with zero attached hydrogens (tertiary/aromatic N) is 3. The van der Waals surface area contributed by atoms with Crippen molar-refractivity contribution in [1.29, 1.82) is 0 Å². The summed E-state index contributed by atoms with van der Waals surface area (Å²) in [5.41, 5.74) is 2.39. The number of aromatic nitrogens is 2. The lowest BCUT2D eigenvalue weighted by Gasteiger charge is -1.98. The van der Waals surface area contributed by atoms with Gasteiger partial charge in [-0.3, -0.25) is 0 Å². The van der Waals surface area contributed by atoms with Gasteiger partial charge in [-0.05, 0) is 12.1 Å². The highest BCUT2D eigenvalue weighted by Gasteiger charge is 2.20. The molecule has 0 aliphatic carbocycles. The smallest absolute Gasteiger partial charge is 0.318 e. The highest BCUT2D eigenvalue weighted by atomic mass is 16.7. The Kier molecular flexibility index (Phi) is 2.22. The fourth-order valence-corrected chi connectivity index (χ4v) is 1.66. The van der Waals surface area contributed by atoms with Crippen LogP contribution in [0.15, 0.2) is 47.9 Å².